The topological polar surface area (TPSA) is 30.9 Å². The lowest BCUT2D eigenvalue weighted by atomic mass is 10.2. The van der Waals surface area contributed by atoms with Crippen LogP contribution in [-0.2, 0) is 6.54 Å². The Morgan fingerprint density at radius 2 is 1.78 bits per heavy atom. The molecule has 0 saturated heterocycles. The van der Waals surface area contributed by atoms with E-state index < -0.39 is 0 Å². The third kappa shape index (κ3) is 7.08. The number of nitrogens with zero attached hydrogens (tertiary/aromatic N) is 3. The van der Waals surface area contributed by atoms with Gasteiger partial charge >= 0.3 is 0 Å². The van der Waals surface area contributed by atoms with E-state index in [0.29, 0.717) is 0 Å². The molecule has 0 aromatic heterocycles. The van der Waals surface area contributed by atoms with Crippen LogP contribution in [0.4, 0.5) is 0 Å². The summed E-state index contributed by atoms with van der Waals surface area (Å²) < 4.78 is 0. The fourth-order valence-corrected chi connectivity index (χ4v) is 2.98. The Balaban J connectivity index is 0.00000264. The van der Waals surface area contributed by atoms with E-state index in [1.807, 2.05) is 20.2 Å². The molecule has 0 atom stereocenters. The fourth-order valence-electron chi connectivity index (χ4n) is 2.98. The standard InChI is InChI=1S/C18H30N4.HI/c1-21(2)18(20-15-16-9-5-4-6-10-16)19-13-14-22(3)17-11-7-8-12-17;/h4-6,9-10,17H,7-8,11-15H2,1-3H3,(H,19,20);1H. The van der Waals surface area contributed by atoms with E-state index in [9.17, 15) is 0 Å². The Hall–Kier alpha value is -0.820. The molecule has 0 radical (unpaired) electrons. The van der Waals surface area contributed by atoms with Gasteiger partial charge in [-0.05, 0) is 25.5 Å². The molecule has 1 aromatic carbocycles. The average molecular weight is 430 g/mol. The van der Waals surface area contributed by atoms with Crippen molar-refractivity contribution < 1.29 is 0 Å². The second-order valence-corrected chi connectivity index (χ2v) is 6.37. The van der Waals surface area contributed by atoms with Gasteiger partial charge in [0.2, 0.25) is 0 Å². The molecule has 5 heteroatoms. The summed E-state index contributed by atoms with van der Waals surface area (Å²) in [7, 11) is 6.32. The lowest BCUT2D eigenvalue weighted by Crippen LogP contribution is -2.42. The third-order valence-electron chi connectivity index (χ3n) is 4.37. The van der Waals surface area contributed by atoms with Gasteiger partial charge in [0.1, 0.15) is 0 Å². The smallest absolute Gasteiger partial charge is 0.193 e. The number of guanidine groups is 1. The van der Waals surface area contributed by atoms with E-state index in [-0.39, 0.29) is 24.0 Å². The lowest BCUT2D eigenvalue weighted by molar-refractivity contribution is 0.248. The van der Waals surface area contributed by atoms with Gasteiger partial charge < -0.3 is 15.1 Å². The van der Waals surface area contributed by atoms with Gasteiger partial charge in [0.25, 0.3) is 0 Å². The van der Waals surface area contributed by atoms with Crippen LogP contribution in [0.25, 0.3) is 0 Å². The maximum Gasteiger partial charge on any atom is 0.193 e. The molecule has 130 valence electrons. The van der Waals surface area contributed by atoms with Crippen molar-refractivity contribution in [3.63, 3.8) is 0 Å². The molecular formula is C18H31IN4. The Labute approximate surface area is 158 Å². The van der Waals surface area contributed by atoms with Crippen molar-refractivity contribution in [2.75, 3.05) is 34.2 Å². The largest absolute Gasteiger partial charge is 0.355 e. The minimum Gasteiger partial charge on any atom is -0.355 e. The van der Waals surface area contributed by atoms with Gasteiger partial charge in [-0.1, -0.05) is 43.2 Å². The molecule has 1 saturated carbocycles. The highest BCUT2D eigenvalue weighted by atomic mass is 127. The first-order chi connectivity index (χ1) is 10.7. The molecule has 23 heavy (non-hydrogen) atoms. The van der Waals surface area contributed by atoms with Gasteiger partial charge in [0.15, 0.2) is 5.96 Å². The molecule has 1 aliphatic rings. The zero-order valence-electron chi connectivity index (χ0n) is 14.7. The molecular weight excluding hydrogens is 399 g/mol. The second-order valence-electron chi connectivity index (χ2n) is 6.37. The summed E-state index contributed by atoms with van der Waals surface area (Å²) >= 11 is 0. The number of aliphatic imine (C=N–C) groups is 1. The molecule has 2 rings (SSSR count). The van der Waals surface area contributed by atoms with Crippen LogP contribution in [0.1, 0.15) is 31.2 Å². The highest BCUT2D eigenvalue weighted by Crippen LogP contribution is 2.21. The monoisotopic (exact) mass is 430 g/mol. The summed E-state index contributed by atoms with van der Waals surface area (Å²) in [5, 5.41) is 3.48. The summed E-state index contributed by atoms with van der Waals surface area (Å²) in [6.07, 6.45) is 5.51. The highest BCUT2D eigenvalue weighted by molar-refractivity contribution is 14.0. The predicted molar refractivity (Wildman–Crippen MR) is 110 cm³/mol. The van der Waals surface area contributed by atoms with Crippen molar-refractivity contribution in [3.05, 3.63) is 35.9 Å². The number of benzene rings is 1. The van der Waals surface area contributed by atoms with Crippen LogP contribution in [0.2, 0.25) is 0 Å². The van der Waals surface area contributed by atoms with Crippen LogP contribution in [0.5, 0.6) is 0 Å². The van der Waals surface area contributed by atoms with E-state index in [1.165, 1.54) is 31.2 Å². The maximum atomic E-state index is 4.70. The highest BCUT2D eigenvalue weighted by Gasteiger charge is 2.18. The molecule has 0 spiro atoms. The summed E-state index contributed by atoms with van der Waals surface area (Å²) in [6.45, 7) is 2.74. The van der Waals surface area contributed by atoms with Gasteiger partial charge in [-0.25, -0.2) is 4.99 Å². The van der Waals surface area contributed by atoms with Gasteiger partial charge in [-0.15, -0.1) is 24.0 Å². The van der Waals surface area contributed by atoms with Crippen molar-refractivity contribution in [1.82, 2.24) is 15.1 Å². The van der Waals surface area contributed by atoms with Crippen LogP contribution in [0, 0.1) is 0 Å². The van der Waals surface area contributed by atoms with E-state index in [2.05, 4.69) is 46.4 Å². The Morgan fingerprint density at radius 1 is 1.13 bits per heavy atom. The summed E-state index contributed by atoms with van der Waals surface area (Å²) in [5.41, 5.74) is 1.24. The number of rotatable bonds is 6. The molecule has 0 heterocycles. The number of hydrogen-bond donors (Lipinski definition) is 1. The zero-order valence-corrected chi connectivity index (χ0v) is 17.0. The van der Waals surface area contributed by atoms with E-state index >= 15 is 0 Å². The van der Waals surface area contributed by atoms with Crippen LogP contribution in [0.3, 0.4) is 0 Å². The molecule has 4 nitrogen and oxygen atoms in total. The van der Waals surface area contributed by atoms with Crippen LogP contribution in [-0.4, -0.2) is 56.0 Å². The first-order valence-corrected chi connectivity index (χ1v) is 8.36. The minimum absolute atomic E-state index is 0. The number of hydrogen-bond acceptors (Lipinski definition) is 2. The van der Waals surface area contributed by atoms with Gasteiger partial charge in [0.05, 0.1) is 6.54 Å². The summed E-state index contributed by atoms with van der Waals surface area (Å²) in [6, 6.07) is 11.2. The predicted octanol–water partition coefficient (Wildman–Crippen LogP) is 3.19. The van der Waals surface area contributed by atoms with E-state index in [1.54, 1.807) is 0 Å². The normalized spacial score (nSPS) is 15.6. The molecule has 1 fully saturated rings. The Bertz CT molecular complexity index is 455. The minimum atomic E-state index is 0. The lowest BCUT2D eigenvalue weighted by Gasteiger charge is -2.25. The van der Waals surface area contributed by atoms with Gasteiger partial charge in [-0.3, -0.25) is 0 Å². The molecule has 1 N–H and O–H groups in total. The Kier molecular flexibility index (Phi) is 9.55. The van der Waals surface area contributed by atoms with Crippen molar-refractivity contribution >= 4 is 29.9 Å². The molecule has 0 amide bonds. The van der Waals surface area contributed by atoms with Crippen molar-refractivity contribution in [1.29, 1.82) is 0 Å². The van der Waals surface area contributed by atoms with E-state index in [0.717, 1.165) is 31.6 Å². The summed E-state index contributed by atoms with van der Waals surface area (Å²) in [5.74, 6) is 0.962. The van der Waals surface area contributed by atoms with Crippen LogP contribution in [0.15, 0.2) is 35.3 Å². The first kappa shape index (κ1) is 20.2. The molecule has 0 aliphatic heterocycles. The number of nitrogens with one attached hydrogen (secondary N) is 1. The number of likely N-dealkylation sites (N-methyl/N-ethyl adjacent to an activating group) is 1. The van der Waals surface area contributed by atoms with Crippen molar-refractivity contribution in [3.8, 4) is 0 Å². The maximum absolute atomic E-state index is 4.70. The molecule has 0 bridgehead atoms. The summed E-state index contributed by atoms with van der Waals surface area (Å²) in [4.78, 5) is 9.25. The molecule has 1 aromatic rings. The quantitative estimate of drug-likeness (QED) is 0.427. The van der Waals surface area contributed by atoms with Crippen LogP contribution < -0.4 is 5.32 Å². The average Bonchev–Trinajstić information content (AvgIpc) is 3.05. The zero-order chi connectivity index (χ0) is 15.8. The Morgan fingerprint density at radius 3 is 2.39 bits per heavy atom. The second kappa shape index (κ2) is 10.9. The van der Waals surface area contributed by atoms with Crippen LogP contribution >= 0.6 is 24.0 Å². The third-order valence-corrected chi connectivity index (χ3v) is 4.37. The van der Waals surface area contributed by atoms with Crippen molar-refractivity contribution in [2.45, 2.75) is 38.3 Å². The number of halogens is 1. The molecule has 1 aliphatic carbocycles. The molecule has 0 unspecified atom stereocenters. The van der Waals surface area contributed by atoms with E-state index in [4.69, 9.17) is 4.99 Å². The van der Waals surface area contributed by atoms with Crippen molar-refractivity contribution in [2.24, 2.45) is 4.99 Å². The SMILES string of the molecule is CN(C)C(=NCc1ccccc1)NCCN(C)C1CCCC1.I. The van der Waals surface area contributed by atoms with Gasteiger partial charge in [-0.2, -0.15) is 0 Å². The fraction of sp³-hybridized carbons (Fsp3) is 0.611. The first-order valence-electron chi connectivity index (χ1n) is 8.36. The van der Waals surface area contributed by atoms with Gasteiger partial charge in [0, 0.05) is 33.2 Å².